The second-order valence-electron chi connectivity index (χ2n) is 2.85. The van der Waals surface area contributed by atoms with E-state index >= 15 is 0 Å². The summed E-state index contributed by atoms with van der Waals surface area (Å²) in [6.45, 7) is 3.02. The number of nitrogens with zero attached hydrogens (tertiary/aromatic N) is 2. The minimum atomic E-state index is -0.675. The van der Waals surface area contributed by atoms with Crippen LogP contribution in [0.1, 0.15) is 18.4 Å². The molecule has 0 fully saturated rings. The van der Waals surface area contributed by atoms with Crippen LogP contribution in [0, 0.1) is 17.0 Å². The zero-order valence-electron chi connectivity index (χ0n) is 7.35. The Kier molecular flexibility index (Phi) is 2.62. The second kappa shape index (κ2) is 3.53. The van der Waals surface area contributed by atoms with Crippen LogP contribution < -0.4 is 0 Å². The lowest BCUT2D eigenvalue weighted by Gasteiger charge is -1.97. The molecule has 0 saturated carbocycles. The van der Waals surface area contributed by atoms with Gasteiger partial charge in [0.05, 0.1) is 11.0 Å². The van der Waals surface area contributed by atoms with Crippen molar-refractivity contribution in [3.63, 3.8) is 0 Å². The summed E-state index contributed by atoms with van der Waals surface area (Å²) in [7, 11) is 0. The van der Waals surface area contributed by atoms with E-state index < -0.39 is 11.0 Å². The van der Waals surface area contributed by atoms with Gasteiger partial charge in [0.25, 0.3) is 0 Å². The Morgan fingerprint density at radius 3 is 2.85 bits per heavy atom. The molecule has 1 N–H and O–H groups in total. The quantitative estimate of drug-likeness (QED) is 0.557. The number of hydrogen-bond donors (Lipinski definition) is 1. The van der Waals surface area contributed by atoms with Crippen LogP contribution in [-0.2, 0) is 6.42 Å². The summed E-state index contributed by atoms with van der Waals surface area (Å²) in [6.07, 6.45) is -0.567. The highest BCUT2D eigenvalue weighted by Crippen LogP contribution is 2.23. The third-order valence-electron chi connectivity index (χ3n) is 1.56. The molecule has 0 radical (unpaired) electrons. The van der Waals surface area contributed by atoms with E-state index in [4.69, 9.17) is 9.63 Å². The average molecular weight is 186 g/mol. The molecule has 1 heterocycles. The van der Waals surface area contributed by atoms with Gasteiger partial charge in [-0.15, -0.1) is 0 Å². The molecule has 0 aliphatic heterocycles. The van der Waals surface area contributed by atoms with Gasteiger partial charge in [-0.3, -0.25) is 10.1 Å². The van der Waals surface area contributed by atoms with Crippen LogP contribution in [0.25, 0.3) is 0 Å². The molecule has 0 aliphatic carbocycles. The molecule has 1 atom stereocenters. The first kappa shape index (κ1) is 9.66. The largest absolute Gasteiger partial charge is 0.393 e. The van der Waals surface area contributed by atoms with Gasteiger partial charge in [0.1, 0.15) is 0 Å². The molecule has 0 unspecified atom stereocenters. The second-order valence-corrected chi connectivity index (χ2v) is 2.85. The maximum Gasteiger partial charge on any atom is 0.334 e. The fraction of sp³-hybridized carbons (Fsp3) is 0.571. The molecule has 1 aromatic rings. The summed E-state index contributed by atoms with van der Waals surface area (Å²) >= 11 is 0. The van der Waals surface area contributed by atoms with E-state index in [9.17, 15) is 10.1 Å². The van der Waals surface area contributed by atoms with E-state index in [1.807, 2.05) is 0 Å². The van der Waals surface area contributed by atoms with E-state index in [2.05, 4.69) is 5.16 Å². The van der Waals surface area contributed by atoms with Gasteiger partial charge in [0, 0.05) is 6.42 Å². The predicted molar refractivity (Wildman–Crippen MR) is 43.3 cm³/mol. The maximum atomic E-state index is 10.5. The molecule has 0 bridgehead atoms. The first-order valence-corrected chi connectivity index (χ1v) is 3.80. The molecule has 0 amide bonds. The van der Waals surface area contributed by atoms with E-state index in [-0.39, 0.29) is 23.6 Å². The van der Waals surface area contributed by atoms with Crippen LogP contribution in [0.3, 0.4) is 0 Å². The molecule has 6 heteroatoms. The zero-order valence-corrected chi connectivity index (χ0v) is 7.35. The smallest absolute Gasteiger partial charge is 0.334 e. The van der Waals surface area contributed by atoms with Crippen molar-refractivity contribution in [1.29, 1.82) is 0 Å². The van der Waals surface area contributed by atoms with Crippen LogP contribution in [0.4, 0.5) is 5.69 Å². The first-order valence-electron chi connectivity index (χ1n) is 3.80. The van der Waals surface area contributed by atoms with Gasteiger partial charge in [-0.05, 0) is 13.8 Å². The van der Waals surface area contributed by atoms with E-state index in [1.165, 1.54) is 13.8 Å². The van der Waals surface area contributed by atoms with Gasteiger partial charge >= 0.3 is 5.69 Å². The Balaban J connectivity index is 3.00. The Morgan fingerprint density at radius 2 is 2.38 bits per heavy atom. The highest BCUT2D eigenvalue weighted by atomic mass is 16.6. The number of aryl methyl sites for hydroxylation is 1. The van der Waals surface area contributed by atoms with Crippen molar-refractivity contribution < 1.29 is 14.6 Å². The summed E-state index contributed by atoms with van der Waals surface area (Å²) in [4.78, 5) is 9.96. The highest BCUT2D eigenvalue weighted by molar-refractivity contribution is 5.37. The van der Waals surface area contributed by atoms with Crippen molar-refractivity contribution in [3.8, 4) is 0 Å². The molecule has 6 nitrogen and oxygen atoms in total. The van der Waals surface area contributed by atoms with Gasteiger partial charge in [0.2, 0.25) is 5.76 Å². The van der Waals surface area contributed by atoms with Crippen molar-refractivity contribution >= 4 is 5.69 Å². The van der Waals surface area contributed by atoms with Crippen LogP contribution in [0.2, 0.25) is 0 Å². The normalized spacial score (nSPS) is 12.8. The van der Waals surface area contributed by atoms with Crippen LogP contribution in [0.5, 0.6) is 0 Å². The lowest BCUT2D eigenvalue weighted by atomic mass is 10.2. The molecular formula is C7H10N2O4. The van der Waals surface area contributed by atoms with Crippen molar-refractivity contribution in [2.24, 2.45) is 0 Å². The topological polar surface area (TPSA) is 89.4 Å². The number of aromatic nitrogens is 1. The number of hydrogen-bond acceptors (Lipinski definition) is 5. The van der Waals surface area contributed by atoms with E-state index in [1.54, 1.807) is 0 Å². The van der Waals surface area contributed by atoms with Gasteiger partial charge in [-0.25, -0.2) is 0 Å². The number of nitro groups is 1. The average Bonchev–Trinajstić information content (AvgIpc) is 2.30. The fourth-order valence-corrected chi connectivity index (χ4v) is 1.05. The number of aliphatic hydroxyl groups excluding tert-OH is 1. The van der Waals surface area contributed by atoms with E-state index in [0.29, 0.717) is 0 Å². The summed E-state index contributed by atoms with van der Waals surface area (Å²) in [6, 6.07) is 0. The molecule has 0 spiro atoms. The Hall–Kier alpha value is -1.43. The zero-order chi connectivity index (χ0) is 10.0. The molecule has 72 valence electrons. The lowest BCUT2D eigenvalue weighted by molar-refractivity contribution is -0.386. The van der Waals surface area contributed by atoms with Crippen LogP contribution in [-0.4, -0.2) is 21.3 Å². The Bertz CT molecular complexity index is 318. The standard InChI is InChI=1S/C7H10N2O4/c1-4(10)3-6-7(9(11)12)5(2)8-13-6/h4,10H,3H2,1-2H3/t4-/m0/s1. The molecule has 0 aliphatic rings. The molecule has 1 aromatic heterocycles. The lowest BCUT2D eigenvalue weighted by Crippen LogP contribution is -2.05. The van der Waals surface area contributed by atoms with Gasteiger partial charge < -0.3 is 9.63 Å². The SMILES string of the molecule is Cc1noc(C[C@H](C)O)c1[N+](=O)[O-]. The molecular weight excluding hydrogens is 176 g/mol. The minimum Gasteiger partial charge on any atom is -0.393 e. The molecule has 13 heavy (non-hydrogen) atoms. The summed E-state index contributed by atoms with van der Waals surface area (Å²) in [5, 5.41) is 23.0. The number of aliphatic hydroxyl groups is 1. The summed E-state index contributed by atoms with van der Waals surface area (Å²) in [5.41, 5.74) is 0.0987. The van der Waals surface area contributed by atoms with Crippen LogP contribution in [0.15, 0.2) is 4.52 Å². The van der Waals surface area contributed by atoms with Crippen molar-refractivity contribution in [3.05, 3.63) is 21.6 Å². The summed E-state index contributed by atoms with van der Waals surface area (Å²) < 4.78 is 4.72. The third kappa shape index (κ3) is 2.03. The van der Waals surface area contributed by atoms with Gasteiger partial charge in [-0.1, -0.05) is 5.16 Å². The molecule has 1 rings (SSSR count). The highest BCUT2D eigenvalue weighted by Gasteiger charge is 2.24. The fourth-order valence-electron chi connectivity index (χ4n) is 1.05. The number of rotatable bonds is 3. The van der Waals surface area contributed by atoms with Crippen molar-refractivity contribution in [1.82, 2.24) is 5.16 Å². The van der Waals surface area contributed by atoms with E-state index in [0.717, 1.165) is 0 Å². The predicted octanol–water partition coefficient (Wildman–Crippen LogP) is 0.815. The van der Waals surface area contributed by atoms with Crippen LogP contribution >= 0.6 is 0 Å². The molecule has 0 aromatic carbocycles. The van der Waals surface area contributed by atoms with Gasteiger partial charge in [0.15, 0.2) is 5.69 Å². The monoisotopic (exact) mass is 186 g/mol. The third-order valence-corrected chi connectivity index (χ3v) is 1.56. The maximum absolute atomic E-state index is 10.5. The van der Waals surface area contributed by atoms with Gasteiger partial charge in [-0.2, -0.15) is 0 Å². The summed E-state index contributed by atoms with van der Waals surface area (Å²) in [5.74, 6) is 0.123. The minimum absolute atomic E-state index is 0.108. The van der Waals surface area contributed by atoms with Crippen molar-refractivity contribution in [2.45, 2.75) is 26.4 Å². The molecule has 0 saturated heterocycles. The first-order chi connectivity index (χ1) is 6.02. The Labute approximate surface area is 74.3 Å². The Morgan fingerprint density at radius 1 is 1.77 bits per heavy atom. The van der Waals surface area contributed by atoms with Crippen molar-refractivity contribution in [2.75, 3.05) is 0 Å².